The maximum absolute atomic E-state index is 13.2. The van der Waals surface area contributed by atoms with E-state index in [0.717, 1.165) is 21.8 Å². The van der Waals surface area contributed by atoms with Crippen LogP contribution in [-0.4, -0.2) is 102 Å². The summed E-state index contributed by atoms with van der Waals surface area (Å²) in [6.45, 7) is 3.25. The third-order valence-corrected chi connectivity index (χ3v) is 9.55. The first kappa shape index (κ1) is 32.1. The molecule has 232 valence electrons. The molecule has 0 aliphatic carbocycles. The van der Waals surface area contributed by atoms with E-state index in [0.29, 0.717) is 16.6 Å². The smallest absolute Gasteiger partial charge is 0.352 e. The van der Waals surface area contributed by atoms with Crippen molar-refractivity contribution >= 4 is 74.6 Å². The molecule has 1 aromatic heterocycles. The highest BCUT2D eigenvalue weighted by Crippen LogP contribution is 2.41. The van der Waals surface area contributed by atoms with Gasteiger partial charge in [0.25, 0.3) is 11.8 Å². The molecule has 1 fully saturated rings. The van der Waals surface area contributed by atoms with Gasteiger partial charge in [0.15, 0.2) is 16.0 Å². The van der Waals surface area contributed by atoms with Crippen LogP contribution in [0.1, 0.15) is 26.0 Å². The maximum atomic E-state index is 13.2. The lowest BCUT2D eigenvalue weighted by molar-refractivity contribution is -0.150. The molecule has 17 nitrogen and oxygen atoms in total. The molecule has 43 heavy (non-hydrogen) atoms. The van der Waals surface area contributed by atoms with Crippen molar-refractivity contribution in [3.8, 4) is 0 Å². The standard InChI is InChI=1S/C23H30N10O7S3/c1-8(4-12(34)35)40-31-13(11-7-42-22(25)28-11)18(36)29-14-19(37)32-15(21(38)39)10(5-41-20(14)32)6-43-23-30-16(24)9(2)17(27-3)33(23)26/h7-8,14,17,20,27H,4-6,24,26H2,1-3H3,(H2,25,28)(H,29,36)(H,34,35)(H,38,39)/b31-13-/t8?,14?,17?,20-/m0/s1. The van der Waals surface area contributed by atoms with E-state index in [2.05, 4.69) is 25.8 Å². The number of hydrazine groups is 1. The average molecular weight is 655 g/mol. The Labute approximate surface area is 257 Å². The third-order valence-electron chi connectivity index (χ3n) is 6.48. The number of thioether (sulfide) groups is 2. The molecule has 4 atom stereocenters. The molecule has 0 aromatic carbocycles. The summed E-state index contributed by atoms with van der Waals surface area (Å²) in [5.41, 5.74) is 12.5. The highest BCUT2D eigenvalue weighted by atomic mass is 32.2. The summed E-state index contributed by atoms with van der Waals surface area (Å²) < 4.78 is 0. The van der Waals surface area contributed by atoms with Gasteiger partial charge >= 0.3 is 11.9 Å². The van der Waals surface area contributed by atoms with Gasteiger partial charge in [0.2, 0.25) is 0 Å². The molecular weight excluding hydrogens is 625 g/mol. The number of rotatable bonds is 11. The zero-order chi connectivity index (χ0) is 31.6. The number of nitrogen functional groups attached to an aromatic ring is 1. The van der Waals surface area contributed by atoms with Crippen molar-refractivity contribution in [2.75, 3.05) is 24.3 Å². The van der Waals surface area contributed by atoms with E-state index in [1.165, 1.54) is 40.8 Å². The number of aliphatic imine (C=N–C) groups is 1. The van der Waals surface area contributed by atoms with Crippen LogP contribution < -0.4 is 27.9 Å². The second-order valence-corrected chi connectivity index (χ2v) is 12.4. The van der Waals surface area contributed by atoms with Crippen molar-refractivity contribution in [3.63, 3.8) is 0 Å². The summed E-state index contributed by atoms with van der Waals surface area (Å²) in [5, 5.41) is 31.1. The molecule has 4 heterocycles. The number of nitrogens with two attached hydrogens (primary N) is 3. The number of carboxylic acids is 2. The zero-order valence-corrected chi connectivity index (χ0v) is 25.6. The first-order chi connectivity index (χ1) is 20.3. The number of amides is 2. The lowest BCUT2D eigenvalue weighted by Crippen LogP contribution is -2.71. The molecular formula is C23H30N10O7S3. The molecule has 0 spiro atoms. The molecule has 4 rings (SSSR count). The summed E-state index contributed by atoms with van der Waals surface area (Å²) in [7, 11) is 1.72. The number of nitrogens with one attached hydrogen (secondary N) is 2. The molecule has 1 aromatic rings. The highest BCUT2D eigenvalue weighted by molar-refractivity contribution is 8.14. The Hall–Kier alpha value is -3.85. The normalized spacial score (nSPS) is 23.0. The number of carboxylic acid groups (broad SMARTS) is 2. The lowest BCUT2D eigenvalue weighted by atomic mass is 10.0. The number of likely N-dealkylation sites (N-methyl/N-ethyl adjacent to an activating group) is 1. The fraction of sp³-hybridized carbons (Fsp3) is 0.435. The van der Waals surface area contributed by atoms with Crippen molar-refractivity contribution in [2.45, 2.75) is 44.0 Å². The number of aliphatic carboxylic acids is 2. The fourth-order valence-electron chi connectivity index (χ4n) is 4.35. The Morgan fingerprint density at radius 2 is 2.05 bits per heavy atom. The van der Waals surface area contributed by atoms with Crippen LogP contribution in [0.3, 0.4) is 0 Å². The second kappa shape index (κ2) is 13.2. The van der Waals surface area contributed by atoms with Gasteiger partial charge in [-0.2, -0.15) is 0 Å². The summed E-state index contributed by atoms with van der Waals surface area (Å²) in [6, 6.07) is -1.06. The summed E-state index contributed by atoms with van der Waals surface area (Å²) >= 11 is 3.51. The van der Waals surface area contributed by atoms with E-state index in [1.54, 1.807) is 14.0 Å². The molecule has 3 aliphatic heterocycles. The molecule has 10 N–H and O–H groups in total. The molecule has 3 unspecified atom stereocenters. The Morgan fingerprint density at radius 3 is 2.65 bits per heavy atom. The number of β-lactam (4-membered cyclic amide) rings is 1. The monoisotopic (exact) mass is 654 g/mol. The van der Waals surface area contributed by atoms with Gasteiger partial charge in [-0.25, -0.2) is 20.6 Å². The van der Waals surface area contributed by atoms with Crippen LogP contribution >= 0.6 is 34.9 Å². The number of hydrogen-bond donors (Lipinski definition) is 7. The predicted octanol–water partition coefficient (Wildman–Crippen LogP) is -0.938. The minimum absolute atomic E-state index is 0.0682. The van der Waals surface area contributed by atoms with Crippen LogP contribution in [0.25, 0.3) is 0 Å². The molecule has 3 aliphatic rings. The summed E-state index contributed by atoms with van der Waals surface area (Å²) in [5.74, 6) is 3.06. The minimum atomic E-state index is -1.29. The van der Waals surface area contributed by atoms with Gasteiger partial charge in [0.1, 0.15) is 40.9 Å². The number of nitrogens with zero attached hydrogens (tertiary/aromatic N) is 5. The number of thiazole rings is 1. The van der Waals surface area contributed by atoms with Gasteiger partial charge in [0, 0.05) is 22.5 Å². The summed E-state index contributed by atoms with van der Waals surface area (Å²) in [4.78, 5) is 64.4. The van der Waals surface area contributed by atoms with Crippen molar-refractivity contribution in [1.82, 2.24) is 25.5 Å². The van der Waals surface area contributed by atoms with Gasteiger partial charge in [-0.1, -0.05) is 16.9 Å². The van der Waals surface area contributed by atoms with Gasteiger partial charge in [0.05, 0.1) is 6.42 Å². The van der Waals surface area contributed by atoms with E-state index < -0.39 is 41.3 Å². The summed E-state index contributed by atoms with van der Waals surface area (Å²) in [6.07, 6.45) is -1.62. The predicted molar refractivity (Wildman–Crippen MR) is 161 cm³/mol. The Morgan fingerprint density at radius 1 is 1.33 bits per heavy atom. The van der Waals surface area contributed by atoms with Crippen LogP contribution in [0.5, 0.6) is 0 Å². The van der Waals surface area contributed by atoms with Gasteiger partial charge in [-0.15, -0.1) is 23.1 Å². The number of fused-ring (bicyclic) bond motifs is 1. The van der Waals surface area contributed by atoms with Crippen molar-refractivity contribution < 1.29 is 34.2 Å². The average Bonchev–Trinajstić information content (AvgIpc) is 3.37. The molecule has 0 bridgehead atoms. The second-order valence-electron chi connectivity index (χ2n) is 9.49. The van der Waals surface area contributed by atoms with E-state index in [9.17, 15) is 24.3 Å². The maximum Gasteiger partial charge on any atom is 0.352 e. The van der Waals surface area contributed by atoms with E-state index in [4.69, 9.17) is 27.3 Å². The highest BCUT2D eigenvalue weighted by Gasteiger charge is 2.54. The number of oxime groups is 1. The molecule has 0 saturated carbocycles. The van der Waals surface area contributed by atoms with Crippen LogP contribution in [0.15, 0.2) is 38.2 Å². The van der Waals surface area contributed by atoms with Crippen LogP contribution in [0, 0.1) is 0 Å². The number of carbonyl (C=O) groups is 4. The van der Waals surface area contributed by atoms with E-state index in [1.807, 2.05) is 0 Å². The van der Waals surface area contributed by atoms with Crippen LogP contribution in [0.4, 0.5) is 5.13 Å². The SMILES string of the molecule is CNC1C(C)=C(N)N=C(SCC2=C(C(=O)O)N3C(=O)C(NC(=O)/C(=N\OC(C)CC(=O)O)c4csc(N)n4)[C@@H]3SC2)N1N. The van der Waals surface area contributed by atoms with E-state index >= 15 is 0 Å². The molecule has 20 heteroatoms. The quantitative estimate of drug-likeness (QED) is 0.0657. The number of amidine groups is 1. The Balaban J connectivity index is 1.49. The Bertz CT molecular complexity index is 1460. The molecule has 0 radical (unpaired) electrons. The van der Waals surface area contributed by atoms with Gasteiger partial charge < -0.3 is 31.8 Å². The van der Waals surface area contributed by atoms with Crippen molar-refractivity contribution in [3.05, 3.63) is 33.7 Å². The van der Waals surface area contributed by atoms with Crippen molar-refractivity contribution in [2.24, 2.45) is 21.7 Å². The number of anilines is 1. The number of hydrogen-bond acceptors (Lipinski definition) is 16. The third kappa shape index (κ3) is 6.72. The minimum Gasteiger partial charge on any atom is -0.481 e. The first-order valence-corrected chi connectivity index (χ1v) is 15.5. The van der Waals surface area contributed by atoms with Gasteiger partial charge in [-0.3, -0.25) is 29.6 Å². The lowest BCUT2D eigenvalue weighted by Gasteiger charge is -2.49. The zero-order valence-electron chi connectivity index (χ0n) is 23.1. The number of carbonyl (C=O) groups excluding carboxylic acids is 2. The largest absolute Gasteiger partial charge is 0.481 e. The first-order valence-electron chi connectivity index (χ1n) is 12.6. The van der Waals surface area contributed by atoms with Crippen LogP contribution in [-0.2, 0) is 24.0 Å². The van der Waals surface area contributed by atoms with Gasteiger partial charge in [-0.05, 0) is 26.5 Å². The van der Waals surface area contributed by atoms with E-state index in [-0.39, 0.29) is 46.3 Å². The molecule has 2 amide bonds. The topological polar surface area (TPSA) is 264 Å². The van der Waals surface area contributed by atoms with Crippen LogP contribution in [0.2, 0.25) is 0 Å². The Kier molecular flexibility index (Phi) is 9.85. The number of aromatic nitrogens is 1. The van der Waals surface area contributed by atoms with Crippen molar-refractivity contribution in [1.29, 1.82) is 0 Å². The molecule has 1 saturated heterocycles. The fourth-order valence-corrected chi connectivity index (χ4v) is 7.34.